The Balaban J connectivity index is 1.74. The number of nitrogens with zero attached hydrogens (tertiary/aromatic N) is 2. The van der Waals surface area contributed by atoms with E-state index in [0.29, 0.717) is 12.0 Å². The van der Waals surface area contributed by atoms with Crippen molar-refractivity contribution in [2.24, 2.45) is 18.4 Å². The fourth-order valence-corrected chi connectivity index (χ4v) is 3.94. The van der Waals surface area contributed by atoms with Gasteiger partial charge in [-0.05, 0) is 49.9 Å². The first kappa shape index (κ1) is 15.2. The second kappa shape index (κ2) is 5.06. The van der Waals surface area contributed by atoms with Gasteiger partial charge < -0.3 is 4.98 Å². The second-order valence-electron chi connectivity index (χ2n) is 7.17. The van der Waals surface area contributed by atoms with E-state index >= 15 is 0 Å². The number of hydrogen-bond donors (Lipinski definition) is 2. The first-order chi connectivity index (χ1) is 11.4. The molecule has 2 fully saturated rings. The molecule has 0 aliphatic heterocycles. The van der Waals surface area contributed by atoms with E-state index in [0.717, 1.165) is 23.3 Å². The van der Waals surface area contributed by atoms with Crippen LogP contribution >= 0.6 is 0 Å². The standard InChI is InChI=1S/C16H20N4O4/c1-19-13(22)10-11(12(21)18-14(23)17-10)20(15(19)24)8-2-5-16(6-7-16)9-3-4-9/h9H,2-8H2,1H3,(H2,17,18,21,23). The molecule has 8 heteroatoms. The van der Waals surface area contributed by atoms with Crippen molar-refractivity contribution in [3.63, 3.8) is 0 Å². The summed E-state index contributed by atoms with van der Waals surface area (Å²) < 4.78 is 2.25. The number of aromatic nitrogens is 4. The maximum absolute atomic E-state index is 12.4. The summed E-state index contributed by atoms with van der Waals surface area (Å²) >= 11 is 0. The van der Waals surface area contributed by atoms with Crippen LogP contribution in [0.1, 0.15) is 38.5 Å². The zero-order valence-corrected chi connectivity index (χ0v) is 13.6. The second-order valence-corrected chi connectivity index (χ2v) is 7.17. The molecule has 0 unspecified atom stereocenters. The van der Waals surface area contributed by atoms with Gasteiger partial charge in [0.2, 0.25) is 0 Å². The Kier molecular flexibility index (Phi) is 3.20. The third-order valence-electron chi connectivity index (χ3n) is 5.62. The summed E-state index contributed by atoms with van der Waals surface area (Å²) in [7, 11) is 1.35. The van der Waals surface area contributed by atoms with Gasteiger partial charge >= 0.3 is 11.4 Å². The topological polar surface area (TPSA) is 110 Å². The third-order valence-corrected chi connectivity index (χ3v) is 5.62. The maximum atomic E-state index is 12.4. The van der Waals surface area contributed by atoms with Crippen molar-refractivity contribution in [3.05, 3.63) is 41.7 Å². The summed E-state index contributed by atoms with van der Waals surface area (Å²) in [5.74, 6) is 0.839. The van der Waals surface area contributed by atoms with Crippen molar-refractivity contribution in [1.29, 1.82) is 0 Å². The monoisotopic (exact) mass is 332 g/mol. The molecule has 0 spiro atoms. The fourth-order valence-electron chi connectivity index (χ4n) is 3.94. The smallest absolute Gasteiger partial charge is 0.301 e. The van der Waals surface area contributed by atoms with E-state index in [-0.39, 0.29) is 11.0 Å². The Morgan fingerprint density at radius 2 is 1.83 bits per heavy atom. The number of rotatable bonds is 5. The molecule has 2 aliphatic rings. The van der Waals surface area contributed by atoms with Crippen LogP contribution < -0.4 is 22.5 Å². The van der Waals surface area contributed by atoms with Gasteiger partial charge in [0, 0.05) is 13.6 Å². The highest BCUT2D eigenvalue weighted by Gasteiger charge is 2.52. The van der Waals surface area contributed by atoms with Gasteiger partial charge in [-0.15, -0.1) is 0 Å². The van der Waals surface area contributed by atoms with E-state index in [1.54, 1.807) is 0 Å². The molecule has 0 atom stereocenters. The molecule has 0 aromatic carbocycles. The summed E-state index contributed by atoms with van der Waals surface area (Å²) in [5.41, 5.74) is -2.34. The lowest BCUT2D eigenvalue weighted by Crippen LogP contribution is -2.42. The van der Waals surface area contributed by atoms with E-state index in [2.05, 4.69) is 9.97 Å². The number of nitrogens with one attached hydrogen (secondary N) is 2. The zero-order chi connectivity index (χ0) is 17.1. The fraction of sp³-hybridized carbons (Fsp3) is 0.625. The molecule has 4 rings (SSSR count). The Morgan fingerprint density at radius 1 is 1.12 bits per heavy atom. The normalized spacial score (nSPS) is 18.9. The van der Waals surface area contributed by atoms with E-state index in [1.807, 2.05) is 0 Å². The van der Waals surface area contributed by atoms with Crippen molar-refractivity contribution in [2.45, 2.75) is 45.1 Å². The predicted molar refractivity (Wildman–Crippen MR) is 88.3 cm³/mol. The van der Waals surface area contributed by atoms with Crippen LogP contribution in [0.2, 0.25) is 0 Å². The van der Waals surface area contributed by atoms with Gasteiger partial charge in [-0.25, -0.2) is 9.59 Å². The summed E-state index contributed by atoms with van der Waals surface area (Å²) in [4.78, 5) is 52.7. The number of aryl methyl sites for hydroxylation is 1. The van der Waals surface area contributed by atoms with Gasteiger partial charge in [-0.1, -0.05) is 0 Å². The predicted octanol–water partition coefficient (Wildman–Crippen LogP) is 0.0472. The highest BCUT2D eigenvalue weighted by Crippen LogP contribution is 2.63. The number of hydrogen-bond acceptors (Lipinski definition) is 4. The zero-order valence-electron chi connectivity index (χ0n) is 13.6. The van der Waals surface area contributed by atoms with Crippen LogP contribution in [0.4, 0.5) is 0 Å². The molecule has 0 saturated heterocycles. The van der Waals surface area contributed by atoms with Crippen molar-refractivity contribution in [3.8, 4) is 0 Å². The van der Waals surface area contributed by atoms with E-state index in [9.17, 15) is 19.2 Å². The quantitative estimate of drug-likeness (QED) is 0.806. The van der Waals surface area contributed by atoms with E-state index in [1.165, 1.54) is 37.3 Å². The molecular weight excluding hydrogens is 312 g/mol. The lowest BCUT2D eigenvalue weighted by atomic mass is 9.94. The number of aromatic amines is 2. The van der Waals surface area contributed by atoms with Crippen LogP contribution in [-0.2, 0) is 13.6 Å². The SMILES string of the molecule is Cn1c(=O)c2[nH]c(=O)[nH]c(=O)c2n(CCCC2(C3CC3)CC2)c1=O. The minimum absolute atomic E-state index is 0.0426. The van der Waals surface area contributed by atoms with Gasteiger partial charge in [0.05, 0.1) is 0 Å². The van der Waals surface area contributed by atoms with Crippen molar-refractivity contribution in [1.82, 2.24) is 19.1 Å². The maximum Gasteiger partial charge on any atom is 0.331 e. The number of fused-ring (bicyclic) bond motifs is 1. The Bertz CT molecular complexity index is 1050. The summed E-state index contributed by atoms with van der Waals surface area (Å²) in [6.07, 6.45) is 6.95. The molecule has 2 saturated carbocycles. The Morgan fingerprint density at radius 3 is 2.46 bits per heavy atom. The van der Waals surface area contributed by atoms with Crippen LogP contribution in [-0.4, -0.2) is 19.1 Å². The van der Waals surface area contributed by atoms with Crippen LogP contribution in [0.25, 0.3) is 11.0 Å². The molecule has 2 aromatic heterocycles. The molecular formula is C16H20N4O4. The van der Waals surface area contributed by atoms with Gasteiger partial charge in [0.1, 0.15) is 11.0 Å². The van der Waals surface area contributed by atoms with Gasteiger partial charge in [0.15, 0.2) is 0 Å². The first-order valence-corrected chi connectivity index (χ1v) is 8.39. The van der Waals surface area contributed by atoms with E-state index < -0.39 is 22.5 Å². The summed E-state index contributed by atoms with van der Waals surface area (Å²) in [6.45, 7) is 0.368. The Labute approximate surface area is 136 Å². The largest absolute Gasteiger partial charge is 0.331 e. The molecule has 0 radical (unpaired) electrons. The van der Waals surface area contributed by atoms with Gasteiger partial charge in [0.25, 0.3) is 11.1 Å². The average molecular weight is 332 g/mol. The molecule has 2 heterocycles. The van der Waals surface area contributed by atoms with Crippen LogP contribution in [0, 0.1) is 11.3 Å². The lowest BCUT2D eigenvalue weighted by molar-refractivity contribution is 0.376. The molecule has 8 nitrogen and oxygen atoms in total. The van der Waals surface area contributed by atoms with Gasteiger partial charge in [-0.2, -0.15) is 0 Å². The molecule has 0 bridgehead atoms. The van der Waals surface area contributed by atoms with Crippen molar-refractivity contribution in [2.75, 3.05) is 0 Å². The average Bonchev–Trinajstić information content (AvgIpc) is 3.41. The van der Waals surface area contributed by atoms with Crippen molar-refractivity contribution >= 4 is 11.0 Å². The van der Waals surface area contributed by atoms with Crippen molar-refractivity contribution < 1.29 is 0 Å². The molecule has 128 valence electrons. The molecule has 24 heavy (non-hydrogen) atoms. The summed E-state index contributed by atoms with van der Waals surface area (Å²) in [5, 5.41) is 0. The minimum atomic E-state index is -0.750. The van der Waals surface area contributed by atoms with Crippen LogP contribution in [0.5, 0.6) is 0 Å². The molecule has 2 aromatic rings. The van der Waals surface area contributed by atoms with Crippen LogP contribution in [0.3, 0.4) is 0 Å². The third kappa shape index (κ3) is 2.28. The lowest BCUT2D eigenvalue weighted by Gasteiger charge is -2.15. The molecule has 2 N–H and O–H groups in total. The minimum Gasteiger partial charge on any atom is -0.301 e. The van der Waals surface area contributed by atoms with Crippen LogP contribution in [0.15, 0.2) is 19.2 Å². The van der Waals surface area contributed by atoms with E-state index in [4.69, 9.17) is 0 Å². The molecule has 2 aliphatic carbocycles. The highest BCUT2D eigenvalue weighted by atomic mass is 16.2. The summed E-state index contributed by atoms with van der Waals surface area (Å²) in [6, 6.07) is 0. The van der Waals surface area contributed by atoms with Gasteiger partial charge in [-0.3, -0.25) is 23.7 Å². The first-order valence-electron chi connectivity index (χ1n) is 8.39. The Hall–Kier alpha value is -2.38. The highest BCUT2D eigenvalue weighted by molar-refractivity contribution is 5.71. The number of H-pyrrole nitrogens is 2. The molecule has 0 amide bonds.